The van der Waals surface area contributed by atoms with Crippen LogP contribution in [0.3, 0.4) is 0 Å². The van der Waals surface area contributed by atoms with Gasteiger partial charge in [0.05, 0.1) is 25.4 Å². The highest BCUT2D eigenvalue weighted by molar-refractivity contribution is 5.76. The Balaban J connectivity index is 3.35. The third-order valence-electron chi connectivity index (χ3n) is 16.0. The molecule has 0 fully saturated rings. The van der Waals surface area contributed by atoms with E-state index in [1.165, 1.54) is 308 Å². The number of unbranched alkanes of at least 4 members (excludes halogenated alkanes) is 51. The van der Waals surface area contributed by atoms with Crippen LogP contribution in [0.15, 0.2) is 24.3 Å². The van der Waals surface area contributed by atoms with Crippen LogP contribution in [0.2, 0.25) is 0 Å². The number of nitrogens with one attached hydrogen (secondary N) is 1. The van der Waals surface area contributed by atoms with Crippen LogP contribution in [-0.4, -0.2) is 47.4 Å². The van der Waals surface area contributed by atoms with Gasteiger partial charge in [0.2, 0.25) is 5.91 Å². The number of allylic oxidation sites excluding steroid dienone is 3. The summed E-state index contributed by atoms with van der Waals surface area (Å²) < 4.78 is 5.49. The summed E-state index contributed by atoms with van der Waals surface area (Å²) in [4.78, 5) is 24.6. The molecular formula is C69H133NO5. The highest BCUT2D eigenvalue weighted by Gasteiger charge is 2.18. The molecule has 75 heavy (non-hydrogen) atoms. The van der Waals surface area contributed by atoms with Crippen molar-refractivity contribution < 1.29 is 24.5 Å². The first-order chi connectivity index (χ1) is 37.0. The van der Waals surface area contributed by atoms with Gasteiger partial charge in [-0.1, -0.05) is 334 Å². The highest BCUT2D eigenvalue weighted by Crippen LogP contribution is 2.18. The van der Waals surface area contributed by atoms with E-state index in [0.29, 0.717) is 19.4 Å². The molecule has 444 valence electrons. The first kappa shape index (κ1) is 73.3. The predicted octanol–water partition coefficient (Wildman–Crippen LogP) is 21.8. The SMILES string of the molecule is CCCCCCCCC/C=C\CCCCCCCC(=O)OCCCCCCCCCCCCCCCCCCCCCCCCCCCCCC(=O)NC(CO)C(O)/C=C/CCCCCCCCCCCCCCC. The fourth-order valence-electron chi connectivity index (χ4n) is 10.7. The summed E-state index contributed by atoms with van der Waals surface area (Å²) in [6.07, 6.45) is 81.0. The zero-order valence-electron chi connectivity index (χ0n) is 50.8. The minimum Gasteiger partial charge on any atom is -0.466 e. The lowest BCUT2D eigenvalue weighted by molar-refractivity contribution is -0.143. The fourth-order valence-corrected chi connectivity index (χ4v) is 10.7. The van der Waals surface area contributed by atoms with Crippen molar-refractivity contribution in [1.82, 2.24) is 5.32 Å². The minimum atomic E-state index is -0.842. The van der Waals surface area contributed by atoms with Gasteiger partial charge in [-0.3, -0.25) is 9.59 Å². The average Bonchev–Trinajstić information content (AvgIpc) is 3.41. The van der Waals surface area contributed by atoms with Crippen molar-refractivity contribution in [3.63, 3.8) is 0 Å². The van der Waals surface area contributed by atoms with Crippen molar-refractivity contribution >= 4 is 11.9 Å². The monoisotopic (exact) mass is 1060 g/mol. The Hall–Kier alpha value is -1.66. The Labute approximate surface area is 469 Å². The second kappa shape index (κ2) is 64.9. The lowest BCUT2D eigenvalue weighted by Crippen LogP contribution is -2.45. The van der Waals surface area contributed by atoms with Crippen molar-refractivity contribution in [3.8, 4) is 0 Å². The van der Waals surface area contributed by atoms with Crippen LogP contribution in [0.5, 0.6) is 0 Å². The maximum Gasteiger partial charge on any atom is 0.305 e. The van der Waals surface area contributed by atoms with E-state index in [9.17, 15) is 19.8 Å². The van der Waals surface area contributed by atoms with Gasteiger partial charge in [0.1, 0.15) is 0 Å². The van der Waals surface area contributed by atoms with E-state index in [-0.39, 0.29) is 18.5 Å². The summed E-state index contributed by atoms with van der Waals surface area (Å²) >= 11 is 0. The Morgan fingerprint density at radius 3 is 0.947 bits per heavy atom. The van der Waals surface area contributed by atoms with Gasteiger partial charge in [0.15, 0.2) is 0 Å². The van der Waals surface area contributed by atoms with Crippen LogP contribution in [0.1, 0.15) is 380 Å². The molecule has 1 amide bonds. The highest BCUT2D eigenvalue weighted by atomic mass is 16.5. The second-order valence-corrected chi connectivity index (χ2v) is 23.5. The summed E-state index contributed by atoms with van der Waals surface area (Å²) in [5.41, 5.74) is 0. The number of aliphatic hydroxyl groups is 2. The molecule has 0 aliphatic heterocycles. The summed E-state index contributed by atoms with van der Waals surface area (Å²) in [6, 6.07) is -0.625. The molecule has 0 saturated heterocycles. The zero-order chi connectivity index (χ0) is 54.3. The number of carbonyl (C=O) groups excluding carboxylic acids is 2. The van der Waals surface area contributed by atoms with Gasteiger partial charge < -0.3 is 20.3 Å². The molecule has 0 bridgehead atoms. The maximum absolute atomic E-state index is 12.5. The van der Waals surface area contributed by atoms with Crippen molar-refractivity contribution in [2.24, 2.45) is 0 Å². The van der Waals surface area contributed by atoms with Gasteiger partial charge in [-0.15, -0.1) is 0 Å². The molecule has 0 saturated carbocycles. The maximum atomic E-state index is 12.5. The average molecular weight is 1060 g/mol. The molecule has 2 unspecified atom stereocenters. The van der Waals surface area contributed by atoms with Crippen LogP contribution >= 0.6 is 0 Å². The summed E-state index contributed by atoms with van der Waals surface area (Å²) in [5.74, 6) is -0.0522. The molecule has 0 aliphatic rings. The summed E-state index contributed by atoms with van der Waals surface area (Å²) in [7, 11) is 0. The molecule has 2 atom stereocenters. The van der Waals surface area contributed by atoms with E-state index in [4.69, 9.17) is 4.74 Å². The van der Waals surface area contributed by atoms with Crippen molar-refractivity contribution in [3.05, 3.63) is 24.3 Å². The van der Waals surface area contributed by atoms with Crippen LogP contribution < -0.4 is 5.32 Å². The lowest BCUT2D eigenvalue weighted by atomic mass is 10.0. The summed E-state index contributed by atoms with van der Waals surface area (Å²) in [5, 5.41) is 23.2. The van der Waals surface area contributed by atoms with Crippen LogP contribution in [0, 0.1) is 0 Å². The molecule has 0 aliphatic carbocycles. The Kier molecular flexibility index (Phi) is 63.4. The van der Waals surface area contributed by atoms with E-state index in [1.54, 1.807) is 6.08 Å². The third kappa shape index (κ3) is 61.4. The first-order valence-corrected chi connectivity index (χ1v) is 34.1. The zero-order valence-corrected chi connectivity index (χ0v) is 50.8. The number of rotatable bonds is 64. The molecule has 0 heterocycles. The van der Waals surface area contributed by atoms with Gasteiger partial charge in [-0.25, -0.2) is 0 Å². The molecule has 0 radical (unpaired) electrons. The van der Waals surface area contributed by atoms with Gasteiger partial charge in [0, 0.05) is 12.8 Å². The van der Waals surface area contributed by atoms with E-state index < -0.39 is 12.1 Å². The molecule has 0 spiro atoms. The van der Waals surface area contributed by atoms with E-state index >= 15 is 0 Å². The Morgan fingerprint density at radius 1 is 0.360 bits per heavy atom. The topological polar surface area (TPSA) is 95.9 Å². The number of esters is 1. The lowest BCUT2D eigenvalue weighted by Gasteiger charge is -2.20. The van der Waals surface area contributed by atoms with Gasteiger partial charge in [-0.2, -0.15) is 0 Å². The van der Waals surface area contributed by atoms with E-state index in [0.717, 1.165) is 44.9 Å². The van der Waals surface area contributed by atoms with E-state index in [2.05, 4.69) is 31.3 Å². The predicted molar refractivity (Wildman–Crippen MR) is 329 cm³/mol. The Bertz CT molecular complexity index is 1170. The van der Waals surface area contributed by atoms with E-state index in [1.807, 2.05) is 6.08 Å². The molecule has 6 heteroatoms. The normalized spacial score (nSPS) is 12.6. The smallest absolute Gasteiger partial charge is 0.305 e. The van der Waals surface area contributed by atoms with Gasteiger partial charge in [0.25, 0.3) is 0 Å². The fraction of sp³-hybridized carbons (Fsp3) is 0.913. The quantitative estimate of drug-likeness (QED) is 0.0320. The standard InChI is InChI=1S/C69H133NO5/c1-3-5-7-9-11-13-15-17-19-35-39-43-47-51-55-59-63-69(74)75-64-60-56-52-48-44-40-36-32-30-28-26-24-22-20-21-23-25-27-29-31-34-38-42-46-50-54-58-62-68(73)70-66(65-71)67(72)61-57-53-49-45-41-37-33-18-16-14-12-10-8-6-4-2/h19,35,57,61,66-67,71-72H,3-18,20-34,36-56,58-60,62-65H2,1-2H3,(H,70,73)/b35-19-,61-57+. The summed E-state index contributed by atoms with van der Waals surface area (Å²) in [6.45, 7) is 4.93. The van der Waals surface area contributed by atoms with Crippen molar-refractivity contribution in [2.45, 2.75) is 392 Å². The molecule has 6 nitrogen and oxygen atoms in total. The number of aliphatic hydroxyl groups excluding tert-OH is 2. The number of carbonyl (C=O) groups is 2. The second-order valence-electron chi connectivity index (χ2n) is 23.5. The van der Waals surface area contributed by atoms with Crippen molar-refractivity contribution in [2.75, 3.05) is 13.2 Å². The number of hydrogen-bond donors (Lipinski definition) is 3. The number of amides is 1. The van der Waals surface area contributed by atoms with Crippen LogP contribution in [0.25, 0.3) is 0 Å². The molecular weight excluding hydrogens is 923 g/mol. The van der Waals surface area contributed by atoms with Gasteiger partial charge >= 0.3 is 5.97 Å². The van der Waals surface area contributed by atoms with Crippen LogP contribution in [0.4, 0.5) is 0 Å². The number of ether oxygens (including phenoxy) is 1. The van der Waals surface area contributed by atoms with Crippen molar-refractivity contribution in [1.29, 1.82) is 0 Å². The largest absolute Gasteiger partial charge is 0.466 e. The molecule has 0 aromatic rings. The number of hydrogen-bond acceptors (Lipinski definition) is 5. The molecule has 0 aromatic carbocycles. The Morgan fingerprint density at radius 2 is 0.627 bits per heavy atom. The molecule has 0 rings (SSSR count). The first-order valence-electron chi connectivity index (χ1n) is 34.1. The van der Waals surface area contributed by atoms with Gasteiger partial charge in [-0.05, 0) is 57.8 Å². The minimum absolute atomic E-state index is 0.0108. The van der Waals surface area contributed by atoms with Crippen LogP contribution in [-0.2, 0) is 14.3 Å². The third-order valence-corrected chi connectivity index (χ3v) is 16.0. The molecule has 3 N–H and O–H groups in total. The molecule has 0 aromatic heterocycles.